The van der Waals surface area contributed by atoms with Crippen LogP contribution in [-0.2, 0) is 4.74 Å². The third kappa shape index (κ3) is 2.35. The number of hydrogen-bond acceptors (Lipinski definition) is 4. The second-order valence-electron chi connectivity index (χ2n) is 5.92. The number of aromatic nitrogens is 2. The number of nitrogens with one attached hydrogen (secondary N) is 2. The number of urea groups is 1. The van der Waals surface area contributed by atoms with E-state index in [-0.39, 0.29) is 18.2 Å². The molecule has 1 aromatic rings. The van der Waals surface area contributed by atoms with Crippen LogP contribution in [0, 0.1) is 0 Å². The van der Waals surface area contributed by atoms with E-state index in [4.69, 9.17) is 4.74 Å². The molecule has 2 amide bonds. The average Bonchev–Trinajstić information content (AvgIpc) is 3.09. The minimum Gasteiger partial charge on any atom is -0.373 e. The van der Waals surface area contributed by atoms with E-state index < -0.39 is 0 Å². The molecule has 2 saturated heterocycles. The van der Waals surface area contributed by atoms with E-state index in [1.54, 1.807) is 12.4 Å². The van der Waals surface area contributed by atoms with Crippen LogP contribution < -0.4 is 10.6 Å². The first-order valence-corrected chi connectivity index (χ1v) is 7.33. The van der Waals surface area contributed by atoms with Gasteiger partial charge in [-0.05, 0) is 32.1 Å². The first-order valence-electron chi connectivity index (χ1n) is 7.33. The van der Waals surface area contributed by atoms with Gasteiger partial charge in [0.15, 0.2) is 0 Å². The molecule has 1 aliphatic carbocycles. The van der Waals surface area contributed by atoms with Gasteiger partial charge in [-0.3, -0.25) is 0 Å². The molecule has 3 aliphatic rings. The maximum Gasteiger partial charge on any atom is 0.319 e. The summed E-state index contributed by atoms with van der Waals surface area (Å²) in [6, 6.07) is -0.0608. The molecule has 6 heteroatoms. The number of hydrogen-bond donors (Lipinski definition) is 2. The van der Waals surface area contributed by atoms with E-state index in [1.165, 1.54) is 12.8 Å². The van der Waals surface area contributed by atoms with Crippen LogP contribution in [0.2, 0.25) is 0 Å². The van der Waals surface area contributed by atoms with Gasteiger partial charge in [0.2, 0.25) is 0 Å². The molecule has 20 heavy (non-hydrogen) atoms. The number of ether oxygens (including phenoxy) is 1. The van der Waals surface area contributed by atoms with Gasteiger partial charge in [0.1, 0.15) is 5.82 Å². The first-order chi connectivity index (χ1) is 9.78. The van der Waals surface area contributed by atoms with E-state index in [0.29, 0.717) is 17.7 Å². The topological polar surface area (TPSA) is 76.1 Å². The molecule has 3 fully saturated rings. The van der Waals surface area contributed by atoms with Crippen molar-refractivity contribution < 1.29 is 9.53 Å². The summed E-state index contributed by atoms with van der Waals surface area (Å²) < 4.78 is 5.72. The number of carbonyl (C=O) groups excluding carboxylic acids is 1. The summed E-state index contributed by atoms with van der Waals surface area (Å²) in [7, 11) is 0. The van der Waals surface area contributed by atoms with Gasteiger partial charge in [-0.25, -0.2) is 14.8 Å². The molecule has 4 rings (SSSR count). The Morgan fingerprint density at radius 3 is 2.60 bits per heavy atom. The predicted octanol–water partition coefficient (Wildman–Crippen LogP) is 1.80. The van der Waals surface area contributed by atoms with Crippen LogP contribution >= 0.6 is 0 Å². The van der Waals surface area contributed by atoms with Crippen molar-refractivity contribution in [2.75, 3.05) is 5.32 Å². The lowest BCUT2D eigenvalue weighted by Crippen LogP contribution is -2.43. The van der Waals surface area contributed by atoms with Crippen LogP contribution in [0.15, 0.2) is 12.4 Å². The summed E-state index contributed by atoms with van der Waals surface area (Å²) in [5.41, 5.74) is 0.635. The van der Waals surface area contributed by atoms with E-state index in [0.717, 1.165) is 25.1 Å². The second-order valence-corrected chi connectivity index (χ2v) is 5.92. The highest BCUT2D eigenvalue weighted by atomic mass is 16.5. The highest BCUT2D eigenvalue weighted by Crippen LogP contribution is 2.37. The molecule has 2 N–H and O–H groups in total. The standard InChI is InChI=1S/C14H18N4O2/c19-14(18-11-5-10-3-4-12(11)20-10)17-9-6-15-13(16-7-9)8-1-2-8/h6-8,10-12H,1-5H2,(H2,17,18,19). The molecule has 106 valence electrons. The van der Waals surface area contributed by atoms with Gasteiger partial charge < -0.3 is 15.4 Å². The number of fused-ring (bicyclic) bond motifs is 2. The van der Waals surface area contributed by atoms with Gasteiger partial charge in [-0.2, -0.15) is 0 Å². The predicted molar refractivity (Wildman–Crippen MR) is 72.5 cm³/mol. The van der Waals surface area contributed by atoms with Crippen LogP contribution in [0.3, 0.4) is 0 Å². The van der Waals surface area contributed by atoms with Crippen molar-refractivity contribution in [1.82, 2.24) is 15.3 Å². The van der Waals surface area contributed by atoms with Crippen LogP contribution in [0.4, 0.5) is 10.5 Å². The molecule has 1 aromatic heterocycles. The van der Waals surface area contributed by atoms with Crippen molar-refractivity contribution in [2.45, 2.75) is 56.3 Å². The third-order valence-corrected chi connectivity index (χ3v) is 4.29. The summed E-state index contributed by atoms with van der Waals surface area (Å²) in [5, 5.41) is 5.76. The lowest BCUT2D eigenvalue weighted by atomic mass is 9.96. The Balaban J connectivity index is 1.32. The van der Waals surface area contributed by atoms with Crippen molar-refractivity contribution in [3.05, 3.63) is 18.2 Å². The summed E-state index contributed by atoms with van der Waals surface area (Å²) in [6.45, 7) is 0. The van der Waals surface area contributed by atoms with Crippen LogP contribution in [0.1, 0.15) is 43.8 Å². The SMILES string of the molecule is O=C(Nc1cnc(C2CC2)nc1)NC1CC2CCC1O2. The lowest BCUT2D eigenvalue weighted by Gasteiger charge is -2.20. The third-order valence-electron chi connectivity index (χ3n) is 4.29. The molecule has 3 heterocycles. The fraction of sp³-hybridized carbons (Fsp3) is 0.643. The summed E-state index contributed by atoms with van der Waals surface area (Å²) >= 11 is 0. The van der Waals surface area contributed by atoms with Gasteiger partial charge >= 0.3 is 6.03 Å². The van der Waals surface area contributed by atoms with Crippen molar-refractivity contribution in [2.24, 2.45) is 0 Å². The van der Waals surface area contributed by atoms with Gasteiger partial charge in [0.05, 0.1) is 36.3 Å². The minimum atomic E-state index is -0.200. The van der Waals surface area contributed by atoms with E-state index in [1.807, 2.05) is 0 Å². The van der Waals surface area contributed by atoms with Crippen LogP contribution in [0.25, 0.3) is 0 Å². The maximum absolute atomic E-state index is 11.9. The number of carbonyl (C=O) groups is 1. The Labute approximate surface area is 117 Å². The molecule has 1 saturated carbocycles. The molecule has 0 spiro atoms. The monoisotopic (exact) mass is 274 g/mol. The summed E-state index contributed by atoms with van der Waals surface area (Å²) in [6.07, 6.45) is 9.35. The molecular weight excluding hydrogens is 256 g/mol. The summed E-state index contributed by atoms with van der Waals surface area (Å²) in [5.74, 6) is 1.42. The van der Waals surface area contributed by atoms with Gasteiger partial charge in [-0.1, -0.05) is 0 Å². The molecule has 0 radical (unpaired) electrons. The van der Waals surface area contributed by atoms with Gasteiger partial charge in [0.25, 0.3) is 0 Å². The van der Waals surface area contributed by atoms with Crippen molar-refractivity contribution in [3.8, 4) is 0 Å². The Morgan fingerprint density at radius 1 is 1.20 bits per heavy atom. The Bertz CT molecular complexity index is 514. The zero-order valence-corrected chi connectivity index (χ0v) is 11.2. The van der Waals surface area contributed by atoms with E-state index in [2.05, 4.69) is 20.6 Å². The second kappa shape index (κ2) is 4.70. The van der Waals surface area contributed by atoms with Crippen LogP contribution in [0.5, 0.6) is 0 Å². The molecular formula is C14H18N4O2. The molecule has 3 atom stereocenters. The van der Waals surface area contributed by atoms with E-state index in [9.17, 15) is 4.79 Å². The zero-order valence-electron chi connectivity index (χ0n) is 11.2. The van der Waals surface area contributed by atoms with Crippen molar-refractivity contribution in [3.63, 3.8) is 0 Å². The Morgan fingerprint density at radius 2 is 2.00 bits per heavy atom. The largest absolute Gasteiger partial charge is 0.373 e. The maximum atomic E-state index is 11.9. The molecule has 2 bridgehead atoms. The highest BCUT2D eigenvalue weighted by Gasteiger charge is 2.41. The van der Waals surface area contributed by atoms with Crippen molar-refractivity contribution in [1.29, 1.82) is 0 Å². The lowest BCUT2D eigenvalue weighted by molar-refractivity contribution is 0.0984. The normalized spacial score (nSPS) is 31.3. The average molecular weight is 274 g/mol. The summed E-state index contributed by atoms with van der Waals surface area (Å²) in [4.78, 5) is 20.5. The number of nitrogens with zero attached hydrogens (tertiary/aromatic N) is 2. The molecule has 3 unspecified atom stereocenters. The first kappa shape index (κ1) is 12.1. The fourth-order valence-corrected chi connectivity index (χ4v) is 3.08. The highest BCUT2D eigenvalue weighted by molar-refractivity contribution is 5.89. The molecule has 0 aromatic carbocycles. The van der Waals surface area contributed by atoms with Crippen molar-refractivity contribution >= 4 is 11.7 Å². The number of amides is 2. The minimum absolute atomic E-state index is 0.139. The Hall–Kier alpha value is -1.69. The quantitative estimate of drug-likeness (QED) is 0.881. The smallest absolute Gasteiger partial charge is 0.319 e. The van der Waals surface area contributed by atoms with Crippen LogP contribution in [-0.4, -0.2) is 34.2 Å². The number of rotatable bonds is 3. The van der Waals surface area contributed by atoms with Gasteiger partial charge in [-0.15, -0.1) is 0 Å². The molecule has 6 nitrogen and oxygen atoms in total. The Kier molecular flexibility index (Phi) is 2.84. The number of anilines is 1. The van der Waals surface area contributed by atoms with E-state index >= 15 is 0 Å². The fourth-order valence-electron chi connectivity index (χ4n) is 3.08. The van der Waals surface area contributed by atoms with Gasteiger partial charge in [0, 0.05) is 5.92 Å². The molecule has 2 aliphatic heterocycles. The zero-order chi connectivity index (χ0) is 13.5.